The lowest BCUT2D eigenvalue weighted by molar-refractivity contribution is -0.141. The van der Waals surface area contributed by atoms with Crippen molar-refractivity contribution in [1.82, 2.24) is 30.3 Å². The van der Waals surface area contributed by atoms with Crippen LogP contribution in [0.4, 0.5) is 8.78 Å². The van der Waals surface area contributed by atoms with Crippen molar-refractivity contribution in [2.24, 2.45) is 11.3 Å². The van der Waals surface area contributed by atoms with Gasteiger partial charge in [0.15, 0.2) is 0 Å². The van der Waals surface area contributed by atoms with E-state index < -0.39 is 40.8 Å². The van der Waals surface area contributed by atoms with Crippen molar-refractivity contribution in [1.29, 1.82) is 0 Å². The lowest BCUT2D eigenvalue weighted by atomic mass is 9.82. The van der Waals surface area contributed by atoms with Crippen LogP contribution in [0.1, 0.15) is 50.9 Å². The number of carbonyl (C=O) groups excluding carboxylic acids is 5. The Balaban J connectivity index is 1.26. The Morgan fingerprint density at radius 1 is 0.981 bits per heavy atom. The van der Waals surface area contributed by atoms with Gasteiger partial charge in [0.2, 0.25) is 17.7 Å². The number of halogens is 2. The van der Waals surface area contributed by atoms with Gasteiger partial charge in [0.05, 0.1) is 11.8 Å². The SMILES string of the molecule is CC(C)(C)[C@H](c1cc(-c2cc(F)ccc2F)cn1Cc1ccccc1)N(CC1CCNC1)C(=O)CSCCC(=O)NCCNC(=O)CN1C(=O)C=CC1=O. The second kappa shape index (κ2) is 18.5. The normalized spacial score (nSPS) is 16.2. The fraction of sp³-hybridized carbons (Fsp3) is 0.425. The monoisotopic (exact) mass is 762 g/mol. The summed E-state index contributed by atoms with van der Waals surface area (Å²) in [4.78, 5) is 65.0. The molecule has 54 heavy (non-hydrogen) atoms. The van der Waals surface area contributed by atoms with Crippen LogP contribution < -0.4 is 16.0 Å². The van der Waals surface area contributed by atoms with E-state index in [1.54, 1.807) is 0 Å². The standard InChI is InChI=1S/C40H48F2N6O5S/c1-40(2,3)39(33-19-29(31-20-30(41)9-10-32(31)42)24-46(33)22-27-7-5-4-6-8-27)48(23-28-13-15-43-21-28)38(53)26-54-18-14-34(49)44-16-17-45-35(50)25-47-36(51)11-12-37(47)52/h4-12,19-20,24,28,39,43H,13-18,21-23,25-26H2,1-3H3,(H,44,49)(H,45,50)/t28?,39-/m0/s1. The Morgan fingerprint density at radius 2 is 1.69 bits per heavy atom. The molecule has 3 aromatic rings. The van der Waals surface area contributed by atoms with Crippen molar-refractivity contribution in [2.75, 3.05) is 50.8 Å². The molecular formula is C40H48F2N6O5S. The highest BCUT2D eigenvalue weighted by molar-refractivity contribution is 7.99. The number of hydrogen-bond acceptors (Lipinski definition) is 7. The molecule has 0 radical (unpaired) electrons. The van der Waals surface area contributed by atoms with Crippen LogP contribution in [0, 0.1) is 23.0 Å². The summed E-state index contributed by atoms with van der Waals surface area (Å²) in [6.07, 6.45) is 5.13. The highest BCUT2D eigenvalue weighted by Gasteiger charge is 2.38. The molecule has 2 aromatic carbocycles. The molecule has 1 unspecified atom stereocenters. The summed E-state index contributed by atoms with van der Waals surface area (Å²) < 4.78 is 31.6. The molecule has 2 aliphatic heterocycles. The Morgan fingerprint density at radius 3 is 2.35 bits per heavy atom. The van der Waals surface area contributed by atoms with E-state index in [9.17, 15) is 28.4 Å². The second-order valence-electron chi connectivity index (χ2n) is 14.7. The first-order valence-corrected chi connectivity index (χ1v) is 19.3. The molecule has 0 spiro atoms. The van der Waals surface area contributed by atoms with E-state index >= 15 is 4.39 Å². The van der Waals surface area contributed by atoms with E-state index in [0.29, 0.717) is 24.4 Å². The van der Waals surface area contributed by atoms with Crippen LogP contribution in [0.5, 0.6) is 0 Å². The molecular weight excluding hydrogens is 715 g/mol. The molecule has 3 N–H and O–H groups in total. The van der Waals surface area contributed by atoms with E-state index in [4.69, 9.17) is 0 Å². The smallest absolute Gasteiger partial charge is 0.254 e. The molecule has 2 atom stereocenters. The first kappa shape index (κ1) is 40.4. The summed E-state index contributed by atoms with van der Waals surface area (Å²) in [7, 11) is 0. The molecule has 1 saturated heterocycles. The van der Waals surface area contributed by atoms with Gasteiger partial charge in [-0.25, -0.2) is 8.78 Å². The fourth-order valence-corrected chi connectivity index (χ4v) is 7.61. The predicted octanol–water partition coefficient (Wildman–Crippen LogP) is 4.29. The minimum Gasteiger partial charge on any atom is -0.354 e. The summed E-state index contributed by atoms with van der Waals surface area (Å²) in [5.74, 6) is -2.22. The van der Waals surface area contributed by atoms with Gasteiger partial charge in [-0.15, -0.1) is 0 Å². The highest BCUT2D eigenvalue weighted by Crippen LogP contribution is 2.42. The average molecular weight is 763 g/mol. The number of nitrogens with one attached hydrogen (secondary N) is 3. The number of thioether (sulfide) groups is 1. The first-order valence-electron chi connectivity index (χ1n) is 18.1. The van der Waals surface area contributed by atoms with Gasteiger partial charge in [0.1, 0.15) is 18.2 Å². The molecule has 14 heteroatoms. The maximum atomic E-state index is 15.1. The van der Waals surface area contributed by atoms with Crippen molar-refractivity contribution in [3.63, 3.8) is 0 Å². The zero-order chi connectivity index (χ0) is 38.8. The maximum Gasteiger partial charge on any atom is 0.254 e. The number of rotatable bonds is 17. The summed E-state index contributed by atoms with van der Waals surface area (Å²) in [5.41, 5.74) is 2.06. The summed E-state index contributed by atoms with van der Waals surface area (Å²) >= 11 is 1.36. The molecule has 288 valence electrons. The average Bonchev–Trinajstić information content (AvgIpc) is 3.87. The third-order valence-electron chi connectivity index (χ3n) is 9.39. The quantitative estimate of drug-likeness (QED) is 0.138. The largest absolute Gasteiger partial charge is 0.354 e. The number of hydrogen-bond donors (Lipinski definition) is 3. The van der Waals surface area contributed by atoms with Gasteiger partial charge in [-0.3, -0.25) is 28.9 Å². The fourth-order valence-electron chi connectivity index (χ4n) is 6.80. The lowest BCUT2D eigenvalue weighted by Gasteiger charge is -2.42. The molecule has 0 bridgehead atoms. The second-order valence-corrected chi connectivity index (χ2v) is 15.8. The summed E-state index contributed by atoms with van der Waals surface area (Å²) in [6.45, 7) is 8.76. The van der Waals surface area contributed by atoms with E-state index in [-0.39, 0.29) is 55.1 Å². The van der Waals surface area contributed by atoms with Crippen LogP contribution in [-0.4, -0.2) is 94.7 Å². The Kier molecular flexibility index (Phi) is 13.8. The third-order valence-corrected chi connectivity index (χ3v) is 10.3. The van der Waals surface area contributed by atoms with Gasteiger partial charge in [-0.05, 0) is 60.7 Å². The van der Waals surface area contributed by atoms with E-state index in [2.05, 4.69) is 36.7 Å². The number of imide groups is 1. The summed E-state index contributed by atoms with van der Waals surface area (Å²) in [5, 5.41) is 8.71. The number of benzene rings is 2. The van der Waals surface area contributed by atoms with Crippen molar-refractivity contribution in [2.45, 2.75) is 46.2 Å². The predicted molar refractivity (Wildman–Crippen MR) is 204 cm³/mol. The van der Waals surface area contributed by atoms with Gasteiger partial charge in [0.25, 0.3) is 11.8 Å². The van der Waals surface area contributed by atoms with Crippen LogP contribution in [0.25, 0.3) is 11.1 Å². The van der Waals surface area contributed by atoms with E-state index in [1.165, 1.54) is 17.8 Å². The Hall–Kier alpha value is -4.82. The topological polar surface area (TPSA) is 133 Å². The number of nitrogens with zero attached hydrogens (tertiary/aromatic N) is 3. The van der Waals surface area contributed by atoms with Gasteiger partial charge in [-0.2, -0.15) is 11.8 Å². The van der Waals surface area contributed by atoms with Crippen molar-refractivity contribution in [3.8, 4) is 11.1 Å². The van der Waals surface area contributed by atoms with Gasteiger partial charge in [-0.1, -0.05) is 51.1 Å². The lowest BCUT2D eigenvalue weighted by Crippen LogP contribution is -2.45. The van der Waals surface area contributed by atoms with Crippen LogP contribution in [0.2, 0.25) is 0 Å². The maximum absolute atomic E-state index is 15.1. The molecule has 3 heterocycles. The third kappa shape index (κ3) is 10.9. The van der Waals surface area contributed by atoms with Gasteiger partial charge in [0, 0.05) is 73.5 Å². The van der Waals surface area contributed by atoms with E-state index in [1.807, 2.05) is 52.1 Å². The summed E-state index contributed by atoms with van der Waals surface area (Å²) in [6, 6.07) is 14.7. The molecule has 11 nitrogen and oxygen atoms in total. The van der Waals surface area contributed by atoms with Crippen LogP contribution >= 0.6 is 11.8 Å². The van der Waals surface area contributed by atoms with Crippen molar-refractivity contribution < 1.29 is 32.8 Å². The van der Waals surface area contributed by atoms with Crippen molar-refractivity contribution in [3.05, 3.63) is 95.8 Å². The molecule has 0 saturated carbocycles. The minimum atomic E-state index is -0.545. The first-order chi connectivity index (χ1) is 25.8. The van der Waals surface area contributed by atoms with Crippen LogP contribution in [0.15, 0.2) is 72.9 Å². The van der Waals surface area contributed by atoms with Crippen LogP contribution in [0.3, 0.4) is 0 Å². The highest BCUT2D eigenvalue weighted by atomic mass is 32.2. The number of aromatic nitrogens is 1. The number of amides is 5. The molecule has 1 fully saturated rings. The molecule has 5 rings (SSSR count). The Bertz CT molecular complexity index is 1840. The van der Waals surface area contributed by atoms with Gasteiger partial charge >= 0.3 is 0 Å². The molecule has 5 amide bonds. The molecule has 0 aliphatic carbocycles. The van der Waals surface area contributed by atoms with E-state index in [0.717, 1.165) is 60.0 Å². The Labute approximate surface area is 318 Å². The molecule has 2 aliphatic rings. The molecule has 1 aromatic heterocycles. The zero-order valence-electron chi connectivity index (χ0n) is 30.9. The minimum absolute atomic E-state index is 0.0777. The van der Waals surface area contributed by atoms with Crippen molar-refractivity contribution >= 4 is 41.3 Å². The van der Waals surface area contributed by atoms with Gasteiger partial charge < -0.3 is 25.4 Å². The number of carbonyl (C=O) groups is 5. The van der Waals surface area contributed by atoms with Crippen LogP contribution in [-0.2, 0) is 30.5 Å². The zero-order valence-corrected chi connectivity index (χ0v) is 31.7.